The fourth-order valence-corrected chi connectivity index (χ4v) is 1.79. The van der Waals surface area contributed by atoms with E-state index in [2.05, 4.69) is 0 Å². The Labute approximate surface area is 105 Å². The number of aliphatic carboxylic acids is 1. The van der Waals surface area contributed by atoms with Crippen molar-refractivity contribution in [1.82, 2.24) is 0 Å². The summed E-state index contributed by atoms with van der Waals surface area (Å²) in [6.07, 6.45) is 0. The van der Waals surface area contributed by atoms with Gasteiger partial charge < -0.3 is 5.11 Å². The van der Waals surface area contributed by atoms with Crippen LogP contribution in [0, 0.1) is 5.82 Å². The van der Waals surface area contributed by atoms with Gasteiger partial charge in [0.25, 0.3) is 0 Å². The van der Waals surface area contributed by atoms with Gasteiger partial charge in [-0.1, -0.05) is 42.5 Å². The summed E-state index contributed by atoms with van der Waals surface area (Å²) >= 11 is 0. The summed E-state index contributed by atoms with van der Waals surface area (Å²) in [7, 11) is 0. The van der Waals surface area contributed by atoms with Gasteiger partial charge in [-0.2, -0.15) is 0 Å². The predicted octanol–water partition coefficient (Wildman–Crippen LogP) is 3.68. The van der Waals surface area contributed by atoms with Gasteiger partial charge in [-0.3, -0.25) is 4.79 Å². The molecule has 18 heavy (non-hydrogen) atoms. The molecule has 0 fully saturated rings. The minimum atomic E-state index is -0.867. The van der Waals surface area contributed by atoms with Gasteiger partial charge in [0.2, 0.25) is 0 Å². The maximum absolute atomic E-state index is 13.6. The monoisotopic (exact) mass is 244 g/mol. The molecule has 0 aliphatic rings. The molecule has 0 aromatic heterocycles. The lowest BCUT2D eigenvalue weighted by Gasteiger charge is -2.08. The first-order valence-electron chi connectivity index (χ1n) is 5.67. The van der Waals surface area contributed by atoms with Crippen molar-refractivity contribution in [2.45, 2.75) is 12.8 Å². The number of halogens is 1. The van der Waals surface area contributed by atoms with E-state index in [4.69, 9.17) is 5.11 Å². The largest absolute Gasteiger partial charge is 0.481 e. The molecule has 0 unspecified atom stereocenters. The zero-order valence-corrected chi connectivity index (χ0v) is 9.93. The van der Waals surface area contributed by atoms with Crippen molar-refractivity contribution in [1.29, 1.82) is 0 Å². The Morgan fingerprint density at radius 3 is 2.28 bits per heavy atom. The molecule has 0 amide bonds. The lowest BCUT2D eigenvalue weighted by molar-refractivity contribution is -0.138. The molecule has 2 aromatic rings. The number of benzene rings is 2. The van der Waals surface area contributed by atoms with Crippen LogP contribution in [0.5, 0.6) is 0 Å². The van der Waals surface area contributed by atoms with Crippen LogP contribution in [0.4, 0.5) is 4.39 Å². The summed E-state index contributed by atoms with van der Waals surface area (Å²) in [5.41, 5.74) is 1.98. The second-order valence-corrected chi connectivity index (χ2v) is 4.16. The normalized spacial score (nSPS) is 12.1. The van der Waals surface area contributed by atoms with Gasteiger partial charge in [0, 0.05) is 5.56 Å². The molecule has 92 valence electrons. The van der Waals surface area contributed by atoms with Gasteiger partial charge in [-0.25, -0.2) is 4.39 Å². The van der Waals surface area contributed by atoms with Crippen molar-refractivity contribution < 1.29 is 14.3 Å². The molecule has 2 nitrogen and oxygen atoms in total. The standard InChI is InChI=1S/C15H13FO2/c1-10(15(17)18)11-6-8-12(9-7-11)13-4-2-3-5-14(13)16/h2-10H,1H3,(H,17,18)/t10-/m0/s1. The number of carboxylic acid groups (broad SMARTS) is 1. The quantitative estimate of drug-likeness (QED) is 0.894. The minimum absolute atomic E-state index is 0.281. The average Bonchev–Trinajstić information content (AvgIpc) is 2.38. The fraction of sp³-hybridized carbons (Fsp3) is 0.133. The van der Waals surface area contributed by atoms with Crippen molar-refractivity contribution in [3.63, 3.8) is 0 Å². The molecule has 2 rings (SSSR count). The molecule has 2 aromatic carbocycles. The smallest absolute Gasteiger partial charge is 0.310 e. The molecule has 0 heterocycles. The molecule has 0 aliphatic heterocycles. The fourth-order valence-electron chi connectivity index (χ4n) is 1.79. The van der Waals surface area contributed by atoms with Crippen LogP contribution in [0.1, 0.15) is 18.4 Å². The first kappa shape index (κ1) is 12.3. The summed E-state index contributed by atoms with van der Waals surface area (Å²) in [4.78, 5) is 10.8. The number of hydrogen-bond acceptors (Lipinski definition) is 1. The lowest BCUT2D eigenvalue weighted by atomic mass is 9.97. The third kappa shape index (κ3) is 2.40. The highest BCUT2D eigenvalue weighted by Gasteiger charge is 2.13. The van der Waals surface area contributed by atoms with E-state index in [1.165, 1.54) is 6.07 Å². The number of rotatable bonds is 3. The SMILES string of the molecule is C[C@H](C(=O)O)c1ccc(-c2ccccc2F)cc1. The Hall–Kier alpha value is -2.16. The van der Waals surface area contributed by atoms with E-state index < -0.39 is 11.9 Å². The van der Waals surface area contributed by atoms with E-state index in [1.807, 2.05) is 0 Å². The van der Waals surface area contributed by atoms with E-state index >= 15 is 0 Å². The maximum Gasteiger partial charge on any atom is 0.310 e. The van der Waals surface area contributed by atoms with E-state index in [9.17, 15) is 9.18 Å². The number of hydrogen-bond donors (Lipinski definition) is 1. The van der Waals surface area contributed by atoms with Gasteiger partial charge in [-0.05, 0) is 24.1 Å². The van der Waals surface area contributed by atoms with E-state index in [0.717, 1.165) is 5.56 Å². The highest BCUT2D eigenvalue weighted by atomic mass is 19.1. The summed E-state index contributed by atoms with van der Waals surface area (Å²) in [5.74, 6) is -1.70. The van der Waals surface area contributed by atoms with Crippen LogP contribution in [-0.2, 0) is 4.79 Å². The first-order valence-corrected chi connectivity index (χ1v) is 5.67. The summed E-state index contributed by atoms with van der Waals surface area (Å²) in [6.45, 7) is 1.63. The van der Waals surface area contributed by atoms with Gasteiger partial charge in [-0.15, -0.1) is 0 Å². The Morgan fingerprint density at radius 1 is 1.11 bits per heavy atom. The molecule has 0 saturated carbocycles. The van der Waals surface area contributed by atoms with E-state index in [1.54, 1.807) is 49.4 Å². The average molecular weight is 244 g/mol. The number of carboxylic acids is 1. The van der Waals surface area contributed by atoms with Crippen LogP contribution in [0.3, 0.4) is 0 Å². The molecule has 1 atom stereocenters. The van der Waals surface area contributed by atoms with Crippen molar-refractivity contribution in [2.75, 3.05) is 0 Å². The molecular weight excluding hydrogens is 231 g/mol. The van der Waals surface area contributed by atoms with Gasteiger partial charge in [0.1, 0.15) is 5.82 Å². The Kier molecular flexibility index (Phi) is 3.42. The first-order chi connectivity index (χ1) is 8.59. The van der Waals surface area contributed by atoms with Crippen molar-refractivity contribution in [3.8, 4) is 11.1 Å². The van der Waals surface area contributed by atoms with Crippen LogP contribution in [0.25, 0.3) is 11.1 Å². The van der Waals surface area contributed by atoms with Crippen LogP contribution in [0.2, 0.25) is 0 Å². The van der Waals surface area contributed by atoms with Gasteiger partial charge in [0.15, 0.2) is 0 Å². The summed E-state index contributed by atoms with van der Waals surface area (Å²) in [5, 5.41) is 8.91. The molecule has 0 saturated heterocycles. The second-order valence-electron chi connectivity index (χ2n) is 4.16. The molecule has 0 spiro atoms. The predicted molar refractivity (Wildman–Crippen MR) is 67.9 cm³/mol. The molecule has 0 bridgehead atoms. The Bertz CT molecular complexity index is 561. The van der Waals surface area contributed by atoms with Crippen molar-refractivity contribution in [2.24, 2.45) is 0 Å². The molecule has 1 N–H and O–H groups in total. The molecular formula is C15H13FO2. The van der Waals surface area contributed by atoms with Crippen LogP contribution >= 0.6 is 0 Å². The van der Waals surface area contributed by atoms with Gasteiger partial charge in [0.05, 0.1) is 5.92 Å². The van der Waals surface area contributed by atoms with Gasteiger partial charge >= 0.3 is 5.97 Å². The van der Waals surface area contributed by atoms with E-state index in [0.29, 0.717) is 11.1 Å². The Balaban J connectivity index is 2.34. The topological polar surface area (TPSA) is 37.3 Å². The molecule has 0 aliphatic carbocycles. The van der Waals surface area contributed by atoms with Crippen LogP contribution in [-0.4, -0.2) is 11.1 Å². The summed E-state index contributed by atoms with van der Waals surface area (Å²) in [6, 6.07) is 13.4. The zero-order valence-electron chi connectivity index (χ0n) is 9.93. The third-order valence-electron chi connectivity index (χ3n) is 2.97. The highest BCUT2D eigenvalue weighted by Crippen LogP contribution is 2.24. The van der Waals surface area contributed by atoms with Crippen LogP contribution in [0.15, 0.2) is 48.5 Å². The summed E-state index contributed by atoms with van der Waals surface area (Å²) < 4.78 is 13.6. The minimum Gasteiger partial charge on any atom is -0.481 e. The third-order valence-corrected chi connectivity index (χ3v) is 2.97. The maximum atomic E-state index is 13.6. The highest BCUT2D eigenvalue weighted by molar-refractivity contribution is 5.76. The lowest BCUT2D eigenvalue weighted by Crippen LogP contribution is -2.06. The van der Waals surface area contributed by atoms with E-state index in [-0.39, 0.29) is 5.82 Å². The van der Waals surface area contributed by atoms with Crippen molar-refractivity contribution in [3.05, 3.63) is 59.9 Å². The molecule has 0 radical (unpaired) electrons. The van der Waals surface area contributed by atoms with Crippen molar-refractivity contribution >= 4 is 5.97 Å². The van der Waals surface area contributed by atoms with Crippen LogP contribution < -0.4 is 0 Å². The second kappa shape index (κ2) is 5.00. The zero-order chi connectivity index (χ0) is 13.1. The number of carbonyl (C=O) groups is 1. The Morgan fingerprint density at radius 2 is 1.72 bits per heavy atom. The molecule has 3 heteroatoms.